The molecule has 0 radical (unpaired) electrons. The van der Waals surface area contributed by atoms with Gasteiger partial charge in [0.1, 0.15) is 5.41 Å². The van der Waals surface area contributed by atoms with Crippen molar-refractivity contribution in [3.05, 3.63) is 65.7 Å². The Bertz CT molecular complexity index is 690. The van der Waals surface area contributed by atoms with Gasteiger partial charge in [0.25, 0.3) is 0 Å². The predicted octanol–water partition coefficient (Wildman–Crippen LogP) is 3.75. The lowest BCUT2D eigenvalue weighted by molar-refractivity contribution is -0.124. The summed E-state index contributed by atoms with van der Waals surface area (Å²) in [6, 6.07) is 18.6. The van der Waals surface area contributed by atoms with Gasteiger partial charge in [-0.05, 0) is 36.0 Å². The largest absolute Gasteiger partial charge is 0.314 e. The number of para-hydroxylation sites is 1. The van der Waals surface area contributed by atoms with Crippen molar-refractivity contribution in [3.63, 3.8) is 0 Å². The van der Waals surface area contributed by atoms with E-state index in [2.05, 4.69) is 30.3 Å². The number of hydrogen-bond acceptors (Lipinski definition) is 1. The fraction of sp³-hybridized carbons (Fsp3) is 0.316. The summed E-state index contributed by atoms with van der Waals surface area (Å²) in [5.41, 5.74) is 2.94. The third-order valence-electron chi connectivity index (χ3n) is 5.28. The number of likely N-dealkylation sites (N-methyl/N-ethyl adjacent to an activating group) is 1. The van der Waals surface area contributed by atoms with Gasteiger partial charge < -0.3 is 4.90 Å². The molecule has 0 spiro atoms. The third kappa shape index (κ3) is 1.50. The van der Waals surface area contributed by atoms with Crippen molar-refractivity contribution < 1.29 is 4.79 Å². The summed E-state index contributed by atoms with van der Waals surface area (Å²) in [5.74, 6) is 0.665. The fourth-order valence-corrected chi connectivity index (χ4v) is 4.04. The quantitative estimate of drug-likeness (QED) is 0.818. The number of carbonyl (C=O) groups excluding carboxylic acids is 1. The Morgan fingerprint density at radius 2 is 1.67 bits per heavy atom. The van der Waals surface area contributed by atoms with Gasteiger partial charge in [0.15, 0.2) is 0 Å². The molecular weight excluding hydrogens is 258 g/mol. The molecule has 2 nitrogen and oxygen atoms in total. The normalized spacial score (nSPS) is 24.8. The Balaban J connectivity index is 2.02. The van der Waals surface area contributed by atoms with Crippen LogP contribution in [0, 0.1) is 5.92 Å². The van der Waals surface area contributed by atoms with Crippen LogP contribution >= 0.6 is 0 Å². The molecule has 1 heterocycles. The molecule has 21 heavy (non-hydrogen) atoms. The monoisotopic (exact) mass is 277 g/mol. The lowest BCUT2D eigenvalue weighted by Crippen LogP contribution is -2.48. The van der Waals surface area contributed by atoms with Crippen molar-refractivity contribution in [1.29, 1.82) is 0 Å². The van der Waals surface area contributed by atoms with E-state index in [1.807, 2.05) is 36.2 Å². The van der Waals surface area contributed by atoms with Crippen molar-refractivity contribution in [3.8, 4) is 0 Å². The molecule has 2 aliphatic rings. The topological polar surface area (TPSA) is 20.3 Å². The Hall–Kier alpha value is -2.09. The van der Waals surface area contributed by atoms with Crippen molar-refractivity contribution in [2.45, 2.75) is 24.7 Å². The minimum atomic E-state index is -0.467. The highest BCUT2D eigenvalue weighted by Crippen LogP contribution is 2.55. The van der Waals surface area contributed by atoms with Crippen LogP contribution in [0.25, 0.3) is 0 Å². The summed E-state index contributed by atoms with van der Waals surface area (Å²) in [6.07, 6.45) is 3.52. The average molecular weight is 277 g/mol. The van der Waals surface area contributed by atoms with Gasteiger partial charge in [-0.15, -0.1) is 0 Å². The number of anilines is 1. The molecule has 0 saturated heterocycles. The summed E-state index contributed by atoms with van der Waals surface area (Å²) in [6.45, 7) is 0. The van der Waals surface area contributed by atoms with E-state index in [-0.39, 0.29) is 5.91 Å². The third-order valence-corrected chi connectivity index (χ3v) is 5.28. The van der Waals surface area contributed by atoms with Crippen LogP contribution in [0.3, 0.4) is 0 Å². The lowest BCUT2D eigenvalue weighted by Gasteiger charge is -2.42. The van der Waals surface area contributed by atoms with E-state index in [4.69, 9.17) is 0 Å². The highest BCUT2D eigenvalue weighted by Gasteiger charge is 2.56. The predicted molar refractivity (Wildman–Crippen MR) is 84.4 cm³/mol. The second kappa shape index (κ2) is 4.45. The molecule has 106 valence electrons. The number of carbonyl (C=O) groups is 1. The second-order valence-corrected chi connectivity index (χ2v) is 6.18. The molecule has 1 amide bonds. The zero-order valence-corrected chi connectivity index (χ0v) is 12.3. The lowest BCUT2D eigenvalue weighted by atomic mass is 9.59. The van der Waals surface area contributed by atoms with E-state index < -0.39 is 5.41 Å². The van der Waals surface area contributed by atoms with E-state index in [1.54, 1.807) is 0 Å². The van der Waals surface area contributed by atoms with Gasteiger partial charge in [0.05, 0.1) is 0 Å². The van der Waals surface area contributed by atoms with Crippen LogP contribution in [0.2, 0.25) is 0 Å². The first kappa shape index (κ1) is 12.6. The molecule has 1 aliphatic heterocycles. The average Bonchev–Trinajstić information content (AvgIpc) is 2.70. The summed E-state index contributed by atoms with van der Waals surface area (Å²) in [4.78, 5) is 15.1. The number of hydrogen-bond donors (Lipinski definition) is 0. The van der Waals surface area contributed by atoms with Gasteiger partial charge in [-0.3, -0.25) is 4.79 Å². The van der Waals surface area contributed by atoms with Crippen molar-refractivity contribution >= 4 is 11.6 Å². The van der Waals surface area contributed by atoms with Crippen LogP contribution < -0.4 is 4.90 Å². The molecule has 1 aliphatic carbocycles. The molecule has 1 fully saturated rings. The number of rotatable bonds is 2. The van der Waals surface area contributed by atoms with E-state index in [0.29, 0.717) is 5.92 Å². The van der Waals surface area contributed by atoms with Gasteiger partial charge in [-0.2, -0.15) is 0 Å². The Labute approximate surface area is 125 Å². The highest BCUT2D eigenvalue weighted by molar-refractivity contribution is 6.10. The van der Waals surface area contributed by atoms with Crippen LogP contribution in [-0.2, 0) is 10.2 Å². The van der Waals surface area contributed by atoms with Crippen molar-refractivity contribution in [2.24, 2.45) is 5.92 Å². The van der Waals surface area contributed by atoms with Crippen molar-refractivity contribution in [1.82, 2.24) is 0 Å². The fourth-order valence-electron chi connectivity index (χ4n) is 4.04. The zero-order chi connectivity index (χ0) is 14.4. The first-order chi connectivity index (χ1) is 10.3. The Morgan fingerprint density at radius 3 is 2.33 bits per heavy atom. The van der Waals surface area contributed by atoms with Crippen LogP contribution in [0.5, 0.6) is 0 Å². The molecule has 0 bridgehead atoms. The van der Waals surface area contributed by atoms with Gasteiger partial charge in [0, 0.05) is 12.7 Å². The maximum atomic E-state index is 13.2. The van der Waals surface area contributed by atoms with Crippen LogP contribution in [0.15, 0.2) is 54.6 Å². The number of nitrogens with zero attached hydrogens (tertiary/aromatic N) is 1. The molecule has 2 heteroatoms. The first-order valence-electron chi connectivity index (χ1n) is 7.69. The summed E-state index contributed by atoms with van der Waals surface area (Å²) >= 11 is 0. The minimum Gasteiger partial charge on any atom is -0.314 e. The molecule has 0 aromatic heterocycles. The molecule has 2 aromatic carbocycles. The van der Waals surface area contributed by atoms with Gasteiger partial charge in [-0.25, -0.2) is 0 Å². The SMILES string of the molecule is CN1C(=O)[C@@](c2ccccc2)(C2CCC2)c2ccccc21. The van der Waals surface area contributed by atoms with E-state index in [1.165, 1.54) is 12.0 Å². The van der Waals surface area contributed by atoms with Crippen LogP contribution in [-0.4, -0.2) is 13.0 Å². The molecule has 1 saturated carbocycles. The van der Waals surface area contributed by atoms with E-state index >= 15 is 0 Å². The van der Waals surface area contributed by atoms with Crippen molar-refractivity contribution in [2.75, 3.05) is 11.9 Å². The smallest absolute Gasteiger partial charge is 0.242 e. The molecule has 1 atom stereocenters. The number of amides is 1. The van der Waals surface area contributed by atoms with Crippen LogP contribution in [0.4, 0.5) is 5.69 Å². The first-order valence-corrected chi connectivity index (χ1v) is 7.69. The maximum absolute atomic E-state index is 13.2. The molecular formula is C19H19NO. The van der Waals surface area contributed by atoms with Gasteiger partial charge in [-0.1, -0.05) is 55.0 Å². The minimum absolute atomic E-state index is 0.236. The maximum Gasteiger partial charge on any atom is 0.242 e. The van der Waals surface area contributed by atoms with E-state index in [0.717, 1.165) is 24.1 Å². The standard InChI is InChI=1S/C19H19NO/c1-20-17-13-6-5-12-16(17)19(18(20)21,15-10-7-11-15)14-8-3-2-4-9-14/h2-6,8-9,12-13,15H,7,10-11H2,1H3/t19-/m0/s1. The second-order valence-electron chi connectivity index (χ2n) is 6.18. The molecule has 0 N–H and O–H groups in total. The number of benzene rings is 2. The molecule has 0 unspecified atom stereocenters. The van der Waals surface area contributed by atoms with Gasteiger partial charge in [0.2, 0.25) is 5.91 Å². The summed E-state index contributed by atoms with van der Waals surface area (Å²) in [5, 5.41) is 0. The van der Waals surface area contributed by atoms with Crippen LogP contribution in [0.1, 0.15) is 30.4 Å². The summed E-state index contributed by atoms with van der Waals surface area (Å²) in [7, 11) is 1.91. The zero-order valence-electron chi connectivity index (χ0n) is 12.3. The number of fused-ring (bicyclic) bond motifs is 1. The molecule has 2 aromatic rings. The van der Waals surface area contributed by atoms with Gasteiger partial charge >= 0.3 is 0 Å². The Morgan fingerprint density at radius 1 is 1.00 bits per heavy atom. The summed E-state index contributed by atoms with van der Waals surface area (Å²) < 4.78 is 0. The highest BCUT2D eigenvalue weighted by atomic mass is 16.2. The van der Waals surface area contributed by atoms with E-state index in [9.17, 15) is 4.79 Å². The molecule has 4 rings (SSSR count). The Kier molecular flexibility index (Phi) is 2.68.